The second-order valence-corrected chi connectivity index (χ2v) is 7.98. The van der Waals surface area contributed by atoms with E-state index in [1.165, 1.54) is 6.42 Å². The molecule has 0 radical (unpaired) electrons. The van der Waals surface area contributed by atoms with E-state index < -0.39 is 0 Å². The second kappa shape index (κ2) is 11.1. The van der Waals surface area contributed by atoms with Crippen LogP contribution in [-0.4, -0.2) is 72.7 Å². The number of hydrogen-bond donors (Lipinski definition) is 1. The third kappa shape index (κ3) is 6.18. The lowest BCUT2D eigenvalue weighted by molar-refractivity contribution is 0.0195. The number of morpholine rings is 1. The zero-order chi connectivity index (χ0) is 21.3. The Bertz CT molecular complexity index is 839. The summed E-state index contributed by atoms with van der Waals surface area (Å²) in [7, 11) is 0. The molecule has 31 heavy (non-hydrogen) atoms. The van der Waals surface area contributed by atoms with Gasteiger partial charge in [-0.2, -0.15) is 0 Å². The van der Waals surface area contributed by atoms with Gasteiger partial charge in [0.1, 0.15) is 6.61 Å². The summed E-state index contributed by atoms with van der Waals surface area (Å²) in [6.45, 7) is 9.92. The molecule has 4 rings (SSSR count). The number of likely N-dealkylation sites (tertiary alicyclic amines) is 1. The molecule has 0 spiro atoms. The Morgan fingerprint density at radius 3 is 2.81 bits per heavy atom. The molecule has 2 aromatic rings. The van der Waals surface area contributed by atoms with Gasteiger partial charge in [0.05, 0.1) is 19.8 Å². The standard InChI is InChI=1S/C24H33N5O2/c1-2-25-24(29-11-9-22(18-29)28-12-14-30-15-13-28)27-17-21-8-10-26-23(16-21)31-19-20-6-4-3-5-7-20/h3-8,10,16,22H,2,9,11-15,17-19H2,1H3,(H,25,27). The maximum atomic E-state index is 5.87. The van der Waals surface area contributed by atoms with Crippen LogP contribution < -0.4 is 10.1 Å². The van der Waals surface area contributed by atoms with Crippen molar-refractivity contribution >= 4 is 5.96 Å². The average Bonchev–Trinajstić information content (AvgIpc) is 3.32. The highest BCUT2D eigenvalue weighted by Gasteiger charge is 2.30. The van der Waals surface area contributed by atoms with Crippen LogP contribution in [-0.2, 0) is 17.9 Å². The number of rotatable bonds is 7. The third-order valence-electron chi connectivity index (χ3n) is 5.80. The highest BCUT2D eigenvalue weighted by molar-refractivity contribution is 5.80. The Morgan fingerprint density at radius 2 is 2.00 bits per heavy atom. The fourth-order valence-electron chi connectivity index (χ4n) is 4.13. The first kappa shape index (κ1) is 21.6. The van der Waals surface area contributed by atoms with E-state index in [-0.39, 0.29) is 0 Å². The first-order valence-electron chi connectivity index (χ1n) is 11.3. The molecule has 1 unspecified atom stereocenters. The van der Waals surface area contributed by atoms with E-state index in [0.29, 0.717) is 25.1 Å². The Kier molecular flexibility index (Phi) is 7.74. The van der Waals surface area contributed by atoms with Gasteiger partial charge in [-0.3, -0.25) is 4.90 Å². The van der Waals surface area contributed by atoms with Crippen LogP contribution in [0.25, 0.3) is 0 Å². The molecule has 166 valence electrons. The van der Waals surface area contributed by atoms with E-state index in [0.717, 1.165) is 63.0 Å². The molecule has 1 aromatic carbocycles. The van der Waals surface area contributed by atoms with Crippen LogP contribution >= 0.6 is 0 Å². The molecule has 1 N–H and O–H groups in total. The predicted octanol–water partition coefficient (Wildman–Crippen LogP) is 2.53. The fraction of sp³-hybridized carbons (Fsp3) is 0.500. The predicted molar refractivity (Wildman–Crippen MR) is 122 cm³/mol. The molecule has 0 bridgehead atoms. The van der Waals surface area contributed by atoms with Crippen molar-refractivity contribution in [3.05, 3.63) is 59.8 Å². The van der Waals surface area contributed by atoms with Crippen molar-refractivity contribution in [2.75, 3.05) is 45.9 Å². The highest BCUT2D eigenvalue weighted by atomic mass is 16.5. The molecule has 2 aliphatic rings. The summed E-state index contributed by atoms with van der Waals surface area (Å²) in [6, 6.07) is 14.7. The van der Waals surface area contributed by atoms with Gasteiger partial charge in [0.2, 0.25) is 5.88 Å². The van der Waals surface area contributed by atoms with Crippen LogP contribution in [0.3, 0.4) is 0 Å². The number of guanidine groups is 1. The Hall–Kier alpha value is -2.64. The number of benzene rings is 1. The first-order valence-corrected chi connectivity index (χ1v) is 11.3. The van der Waals surface area contributed by atoms with Gasteiger partial charge < -0.3 is 19.7 Å². The Morgan fingerprint density at radius 1 is 1.16 bits per heavy atom. The van der Waals surface area contributed by atoms with Gasteiger partial charge in [-0.15, -0.1) is 0 Å². The summed E-state index contributed by atoms with van der Waals surface area (Å²) < 4.78 is 11.4. The molecule has 2 fully saturated rings. The van der Waals surface area contributed by atoms with Crippen molar-refractivity contribution in [1.82, 2.24) is 20.1 Å². The Labute approximate surface area is 185 Å². The smallest absolute Gasteiger partial charge is 0.213 e. The number of aromatic nitrogens is 1. The molecule has 3 heterocycles. The lowest BCUT2D eigenvalue weighted by atomic mass is 10.2. The van der Waals surface area contributed by atoms with Gasteiger partial charge in [0.25, 0.3) is 0 Å². The van der Waals surface area contributed by atoms with E-state index in [4.69, 9.17) is 14.5 Å². The minimum absolute atomic E-state index is 0.514. The number of pyridine rings is 1. The molecule has 0 amide bonds. The summed E-state index contributed by atoms with van der Waals surface area (Å²) in [5.41, 5.74) is 2.23. The van der Waals surface area contributed by atoms with Crippen molar-refractivity contribution in [3.63, 3.8) is 0 Å². The molecule has 7 heteroatoms. The van der Waals surface area contributed by atoms with Crippen LogP contribution in [0.1, 0.15) is 24.5 Å². The van der Waals surface area contributed by atoms with Crippen LogP contribution in [0, 0.1) is 0 Å². The van der Waals surface area contributed by atoms with E-state index in [9.17, 15) is 0 Å². The van der Waals surface area contributed by atoms with Crippen LogP contribution in [0.4, 0.5) is 0 Å². The summed E-state index contributed by atoms with van der Waals surface area (Å²) in [5, 5.41) is 3.47. The second-order valence-electron chi connectivity index (χ2n) is 7.98. The van der Waals surface area contributed by atoms with Crippen LogP contribution in [0.5, 0.6) is 5.88 Å². The van der Waals surface area contributed by atoms with Crippen LogP contribution in [0.15, 0.2) is 53.7 Å². The van der Waals surface area contributed by atoms with Crippen molar-refractivity contribution < 1.29 is 9.47 Å². The van der Waals surface area contributed by atoms with Crippen molar-refractivity contribution in [2.45, 2.75) is 32.5 Å². The van der Waals surface area contributed by atoms with E-state index in [1.807, 2.05) is 30.3 Å². The molecule has 0 aliphatic carbocycles. The van der Waals surface area contributed by atoms with E-state index in [2.05, 4.69) is 39.2 Å². The zero-order valence-corrected chi connectivity index (χ0v) is 18.4. The SMILES string of the molecule is CCNC(=NCc1ccnc(OCc2ccccc2)c1)N1CCC(N2CCOCC2)C1. The van der Waals surface area contributed by atoms with Crippen molar-refractivity contribution in [2.24, 2.45) is 4.99 Å². The van der Waals surface area contributed by atoms with Gasteiger partial charge in [0, 0.05) is 51.0 Å². The minimum atomic E-state index is 0.514. The summed E-state index contributed by atoms with van der Waals surface area (Å²) in [4.78, 5) is 14.2. The summed E-state index contributed by atoms with van der Waals surface area (Å²) in [5.74, 6) is 1.62. The molecule has 1 atom stereocenters. The number of nitrogens with one attached hydrogen (secondary N) is 1. The normalized spacial score (nSPS) is 20.1. The van der Waals surface area contributed by atoms with Gasteiger partial charge in [-0.25, -0.2) is 9.98 Å². The fourth-order valence-corrected chi connectivity index (χ4v) is 4.13. The molecular formula is C24H33N5O2. The van der Waals surface area contributed by atoms with Gasteiger partial charge in [-0.05, 0) is 30.5 Å². The molecule has 0 saturated carbocycles. The molecule has 2 saturated heterocycles. The first-order chi connectivity index (χ1) is 15.3. The number of hydrogen-bond acceptors (Lipinski definition) is 5. The average molecular weight is 424 g/mol. The van der Waals surface area contributed by atoms with E-state index >= 15 is 0 Å². The highest BCUT2D eigenvalue weighted by Crippen LogP contribution is 2.18. The summed E-state index contributed by atoms with van der Waals surface area (Å²) >= 11 is 0. The van der Waals surface area contributed by atoms with Crippen molar-refractivity contribution in [1.29, 1.82) is 0 Å². The zero-order valence-electron chi connectivity index (χ0n) is 18.4. The molecule has 7 nitrogen and oxygen atoms in total. The number of nitrogens with zero attached hydrogens (tertiary/aromatic N) is 4. The van der Waals surface area contributed by atoms with Gasteiger partial charge in [-0.1, -0.05) is 30.3 Å². The number of ether oxygens (including phenoxy) is 2. The Balaban J connectivity index is 1.35. The van der Waals surface area contributed by atoms with Gasteiger partial charge >= 0.3 is 0 Å². The largest absolute Gasteiger partial charge is 0.473 e. The van der Waals surface area contributed by atoms with E-state index in [1.54, 1.807) is 6.20 Å². The maximum absolute atomic E-state index is 5.87. The quantitative estimate of drug-likeness (QED) is 0.546. The van der Waals surface area contributed by atoms with Crippen LogP contribution in [0.2, 0.25) is 0 Å². The van der Waals surface area contributed by atoms with Gasteiger partial charge in [0.15, 0.2) is 5.96 Å². The topological polar surface area (TPSA) is 62.2 Å². The third-order valence-corrected chi connectivity index (χ3v) is 5.80. The monoisotopic (exact) mass is 423 g/mol. The van der Waals surface area contributed by atoms with Crippen molar-refractivity contribution in [3.8, 4) is 5.88 Å². The summed E-state index contributed by atoms with van der Waals surface area (Å²) in [6.07, 6.45) is 2.97. The molecule has 1 aromatic heterocycles. The lowest BCUT2D eigenvalue weighted by Gasteiger charge is -2.32. The minimum Gasteiger partial charge on any atom is -0.473 e. The number of aliphatic imine (C=N–C) groups is 1. The maximum Gasteiger partial charge on any atom is 0.213 e. The molecular weight excluding hydrogens is 390 g/mol. The molecule has 2 aliphatic heterocycles. The lowest BCUT2D eigenvalue weighted by Crippen LogP contribution is -2.46.